The fourth-order valence-electron chi connectivity index (χ4n) is 1.47. The van der Waals surface area contributed by atoms with Gasteiger partial charge in [-0.05, 0) is 30.5 Å². The van der Waals surface area contributed by atoms with Crippen LogP contribution in [0.4, 0.5) is 0 Å². The minimum Gasteiger partial charge on any atom is -0.547 e. The van der Waals surface area contributed by atoms with E-state index in [2.05, 4.69) is 0 Å². The van der Waals surface area contributed by atoms with E-state index in [0.717, 1.165) is 0 Å². The van der Waals surface area contributed by atoms with Crippen LogP contribution in [0.1, 0.15) is 16.7 Å². The van der Waals surface area contributed by atoms with Crippen molar-refractivity contribution in [2.45, 2.75) is 26.4 Å². The molecule has 0 fully saturated rings. The van der Waals surface area contributed by atoms with Crippen LogP contribution in [0, 0.1) is 13.8 Å². The fraction of sp³-hybridized carbons (Fsp3) is 0.364. The van der Waals surface area contributed by atoms with Gasteiger partial charge >= 0.3 is 29.6 Å². The molecule has 0 spiro atoms. The maximum Gasteiger partial charge on any atom is 1.00 e. The van der Waals surface area contributed by atoms with E-state index in [9.17, 15) is 15.0 Å². The van der Waals surface area contributed by atoms with Crippen molar-refractivity contribution < 1.29 is 49.7 Å². The van der Waals surface area contributed by atoms with Gasteiger partial charge in [-0.25, -0.2) is 0 Å². The first-order valence-electron chi connectivity index (χ1n) is 4.60. The number of carboxylic acids is 1. The third-order valence-electron chi connectivity index (χ3n) is 2.25. The first-order valence-corrected chi connectivity index (χ1v) is 4.60. The van der Waals surface area contributed by atoms with Crippen molar-refractivity contribution in [2.24, 2.45) is 0 Å². The summed E-state index contributed by atoms with van der Waals surface area (Å²) in [6, 6.07) is 3.29. The predicted octanol–water partition coefficient (Wildman–Crippen LogP) is -3.33. The molecule has 0 aliphatic carbocycles. The number of phenolic OH excluding ortho intramolecular Hbond substituents is 1. The van der Waals surface area contributed by atoms with Gasteiger partial charge in [-0.15, -0.1) is 0 Å². The Kier molecular flexibility index (Phi) is 6.04. The van der Waals surface area contributed by atoms with Gasteiger partial charge in [-0.1, -0.05) is 12.1 Å². The Labute approximate surface area is 116 Å². The van der Waals surface area contributed by atoms with Gasteiger partial charge in [0.05, 0.1) is 12.1 Å². The minimum absolute atomic E-state index is 0. The Morgan fingerprint density at radius 2 is 1.81 bits per heavy atom. The van der Waals surface area contributed by atoms with Crippen LogP contribution in [-0.2, 0) is 11.2 Å². The Morgan fingerprint density at radius 3 is 2.19 bits per heavy atom. The Hall–Kier alpha value is -0.550. The van der Waals surface area contributed by atoms with E-state index in [1.54, 1.807) is 26.0 Å². The van der Waals surface area contributed by atoms with Gasteiger partial charge < -0.3 is 20.1 Å². The minimum atomic E-state index is -1.51. The summed E-state index contributed by atoms with van der Waals surface area (Å²) in [6.07, 6.45) is -1.52. The third-order valence-corrected chi connectivity index (χ3v) is 2.25. The number of hydrogen-bond donors (Lipinski definition) is 2. The first kappa shape index (κ1) is 15.5. The van der Waals surface area contributed by atoms with Crippen molar-refractivity contribution in [1.82, 2.24) is 0 Å². The van der Waals surface area contributed by atoms with E-state index in [0.29, 0.717) is 16.7 Å². The van der Waals surface area contributed by atoms with Crippen molar-refractivity contribution >= 4 is 5.97 Å². The molecule has 5 heteroatoms. The van der Waals surface area contributed by atoms with Crippen LogP contribution in [0.3, 0.4) is 0 Å². The van der Waals surface area contributed by atoms with E-state index >= 15 is 0 Å². The largest absolute Gasteiger partial charge is 1.00 e. The number of aliphatic carboxylic acids is 1. The molecule has 0 aliphatic rings. The number of hydrogen-bond acceptors (Lipinski definition) is 4. The van der Waals surface area contributed by atoms with E-state index in [4.69, 9.17) is 5.11 Å². The molecular formula is C11H13NaO4. The van der Waals surface area contributed by atoms with Gasteiger partial charge in [0.25, 0.3) is 0 Å². The molecule has 1 aromatic rings. The van der Waals surface area contributed by atoms with Gasteiger partial charge in [-0.3, -0.25) is 0 Å². The van der Waals surface area contributed by atoms with Crippen molar-refractivity contribution in [1.29, 1.82) is 0 Å². The smallest absolute Gasteiger partial charge is 0.547 e. The zero-order valence-corrected chi connectivity index (χ0v) is 11.7. The second kappa shape index (κ2) is 6.25. The van der Waals surface area contributed by atoms with Crippen molar-refractivity contribution in [3.63, 3.8) is 0 Å². The Bertz CT molecular complexity index is 367. The van der Waals surface area contributed by atoms with Crippen LogP contribution in [0.25, 0.3) is 0 Å². The van der Waals surface area contributed by atoms with Crippen molar-refractivity contribution in [3.05, 3.63) is 28.8 Å². The molecule has 0 bridgehead atoms. The number of rotatable bonds is 3. The fourth-order valence-corrected chi connectivity index (χ4v) is 1.47. The second-order valence-electron chi connectivity index (χ2n) is 3.62. The van der Waals surface area contributed by atoms with E-state index in [-0.39, 0.29) is 41.7 Å². The summed E-state index contributed by atoms with van der Waals surface area (Å²) in [4.78, 5) is 10.3. The normalized spacial score (nSPS) is 11.7. The monoisotopic (exact) mass is 232 g/mol. The molecular weight excluding hydrogens is 219 g/mol. The molecule has 0 heterocycles. The Morgan fingerprint density at radius 1 is 1.38 bits per heavy atom. The number of aryl methyl sites for hydroxylation is 2. The summed E-state index contributed by atoms with van der Waals surface area (Å²) in [6.45, 7) is 3.44. The maximum absolute atomic E-state index is 10.3. The van der Waals surface area contributed by atoms with E-state index in [1.165, 1.54) is 0 Å². The molecule has 0 saturated heterocycles. The van der Waals surface area contributed by atoms with Crippen LogP contribution >= 0.6 is 0 Å². The Balaban J connectivity index is 0.00000225. The standard InChI is InChI=1S/C11H14O4.Na/c1-6-3-8(4-7(2)10(6)13)5-9(12)11(14)15;/h3-4,9,12-13H,5H2,1-2H3,(H,14,15);/q;+1/p-1/t9-;/m1./s1. The second-order valence-corrected chi connectivity index (χ2v) is 3.62. The van der Waals surface area contributed by atoms with Crippen LogP contribution in [0.15, 0.2) is 12.1 Å². The molecule has 2 N–H and O–H groups in total. The summed E-state index contributed by atoms with van der Waals surface area (Å²) in [7, 11) is 0. The number of aromatic hydroxyl groups is 1. The third kappa shape index (κ3) is 3.79. The molecule has 0 radical (unpaired) electrons. The average Bonchev–Trinajstić information content (AvgIpc) is 2.13. The molecule has 0 saturated carbocycles. The number of benzene rings is 1. The van der Waals surface area contributed by atoms with Gasteiger partial charge in [0.2, 0.25) is 0 Å². The molecule has 0 unspecified atom stereocenters. The average molecular weight is 232 g/mol. The van der Waals surface area contributed by atoms with Crippen LogP contribution in [0.5, 0.6) is 5.75 Å². The van der Waals surface area contributed by atoms with Crippen molar-refractivity contribution in [3.8, 4) is 5.75 Å². The van der Waals surface area contributed by atoms with Gasteiger partial charge in [0.1, 0.15) is 5.75 Å². The summed E-state index contributed by atoms with van der Waals surface area (Å²) >= 11 is 0. The topological polar surface area (TPSA) is 80.6 Å². The summed E-state index contributed by atoms with van der Waals surface area (Å²) in [5.74, 6) is -1.29. The predicted molar refractivity (Wildman–Crippen MR) is 52.3 cm³/mol. The van der Waals surface area contributed by atoms with Crippen LogP contribution in [-0.4, -0.2) is 22.3 Å². The number of carbonyl (C=O) groups is 1. The molecule has 4 nitrogen and oxygen atoms in total. The first-order chi connectivity index (χ1) is 6.91. The zero-order chi connectivity index (χ0) is 11.6. The number of aliphatic hydroxyl groups excluding tert-OH is 1. The maximum atomic E-state index is 10.3. The van der Waals surface area contributed by atoms with Gasteiger partial charge in [0, 0.05) is 6.42 Å². The number of phenols is 1. The molecule has 0 aliphatic heterocycles. The molecule has 0 aromatic heterocycles. The SMILES string of the molecule is Cc1cc(C[C@@H](O)C(=O)[O-])cc(C)c1O.[Na+]. The number of carboxylic acid groups (broad SMARTS) is 1. The molecule has 1 rings (SSSR count). The quantitative estimate of drug-likeness (QED) is 0.534. The summed E-state index contributed by atoms with van der Waals surface area (Å²) in [5.41, 5.74) is 1.99. The number of aliphatic hydroxyl groups is 1. The number of carbonyl (C=O) groups excluding carboxylic acids is 1. The van der Waals surface area contributed by atoms with Crippen molar-refractivity contribution in [2.75, 3.05) is 0 Å². The molecule has 82 valence electrons. The van der Waals surface area contributed by atoms with Crippen LogP contribution < -0.4 is 34.7 Å². The zero-order valence-electron chi connectivity index (χ0n) is 9.65. The molecule has 16 heavy (non-hydrogen) atoms. The van der Waals surface area contributed by atoms with E-state index < -0.39 is 12.1 Å². The molecule has 1 aromatic carbocycles. The molecule has 1 atom stereocenters. The summed E-state index contributed by atoms with van der Waals surface area (Å²) < 4.78 is 0. The molecule has 0 amide bonds. The van der Waals surface area contributed by atoms with Gasteiger partial charge in [0.15, 0.2) is 0 Å². The van der Waals surface area contributed by atoms with E-state index in [1.807, 2.05) is 0 Å². The van der Waals surface area contributed by atoms with Crippen LogP contribution in [0.2, 0.25) is 0 Å². The summed E-state index contributed by atoms with van der Waals surface area (Å²) in [5, 5.41) is 28.9. The van der Waals surface area contributed by atoms with Gasteiger partial charge in [-0.2, -0.15) is 0 Å².